The standard InChI is InChI=1S/C17H16FN3O4S/c1-26(24,25)21-9-8-12-10-13(4-7-15(12)21)17(23)20-19-16(22)11-2-5-14(18)6-3-11/h2-7,10H,8-9H2,1H3,(H,19,22)(H,20,23). The fourth-order valence-corrected chi connectivity index (χ4v) is 3.67. The normalized spacial score (nSPS) is 13.2. The molecule has 7 nitrogen and oxygen atoms in total. The summed E-state index contributed by atoms with van der Waals surface area (Å²) in [6, 6.07) is 9.54. The van der Waals surface area contributed by atoms with E-state index >= 15 is 0 Å². The molecule has 0 saturated carbocycles. The lowest BCUT2D eigenvalue weighted by molar-refractivity contribution is 0.0846. The second-order valence-corrected chi connectivity index (χ2v) is 7.75. The molecule has 2 N–H and O–H groups in total. The van der Waals surface area contributed by atoms with Crippen molar-refractivity contribution in [1.29, 1.82) is 0 Å². The van der Waals surface area contributed by atoms with Gasteiger partial charge in [0.05, 0.1) is 11.9 Å². The van der Waals surface area contributed by atoms with E-state index in [0.29, 0.717) is 24.2 Å². The summed E-state index contributed by atoms with van der Waals surface area (Å²) in [6.45, 7) is 0.334. The highest BCUT2D eigenvalue weighted by atomic mass is 32.2. The van der Waals surface area contributed by atoms with Crippen LogP contribution in [0.15, 0.2) is 42.5 Å². The van der Waals surface area contributed by atoms with Gasteiger partial charge in [-0.1, -0.05) is 0 Å². The second-order valence-electron chi connectivity index (χ2n) is 5.84. The number of amides is 2. The SMILES string of the molecule is CS(=O)(=O)N1CCc2cc(C(=O)NNC(=O)c3ccc(F)cc3)ccc21. The number of hydrazine groups is 1. The van der Waals surface area contributed by atoms with Gasteiger partial charge < -0.3 is 0 Å². The van der Waals surface area contributed by atoms with Crippen LogP contribution in [0.4, 0.5) is 10.1 Å². The minimum absolute atomic E-state index is 0.199. The van der Waals surface area contributed by atoms with E-state index in [-0.39, 0.29) is 5.56 Å². The van der Waals surface area contributed by atoms with Crippen molar-refractivity contribution < 1.29 is 22.4 Å². The van der Waals surface area contributed by atoms with E-state index in [4.69, 9.17) is 0 Å². The Morgan fingerprint density at radius 2 is 1.58 bits per heavy atom. The first-order valence-electron chi connectivity index (χ1n) is 7.72. The van der Waals surface area contributed by atoms with E-state index in [0.717, 1.165) is 24.0 Å². The highest BCUT2D eigenvalue weighted by Gasteiger charge is 2.26. The fraction of sp³-hybridized carbons (Fsp3) is 0.176. The van der Waals surface area contributed by atoms with Crippen molar-refractivity contribution >= 4 is 27.5 Å². The molecule has 136 valence electrons. The molecule has 2 amide bonds. The Morgan fingerprint density at radius 3 is 2.19 bits per heavy atom. The lowest BCUT2D eigenvalue weighted by Gasteiger charge is -2.16. The average Bonchev–Trinajstić information content (AvgIpc) is 3.03. The molecule has 3 rings (SSSR count). The molecule has 0 aliphatic carbocycles. The average molecular weight is 377 g/mol. The molecule has 0 aromatic heterocycles. The number of hydrogen-bond donors (Lipinski definition) is 2. The van der Waals surface area contributed by atoms with Crippen LogP contribution in [-0.2, 0) is 16.4 Å². The summed E-state index contributed by atoms with van der Waals surface area (Å²) < 4.78 is 37.6. The third-order valence-electron chi connectivity index (χ3n) is 3.99. The van der Waals surface area contributed by atoms with Crippen LogP contribution in [0.2, 0.25) is 0 Å². The predicted octanol–water partition coefficient (Wildman–Crippen LogP) is 1.22. The molecule has 0 fully saturated rings. The zero-order chi connectivity index (χ0) is 18.9. The highest BCUT2D eigenvalue weighted by molar-refractivity contribution is 7.92. The van der Waals surface area contributed by atoms with E-state index in [1.807, 2.05) is 0 Å². The van der Waals surface area contributed by atoms with Crippen molar-refractivity contribution in [2.45, 2.75) is 6.42 Å². The van der Waals surface area contributed by atoms with E-state index in [1.54, 1.807) is 12.1 Å². The summed E-state index contributed by atoms with van der Waals surface area (Å²) >= 11 is 0. The number of carbonyl (C=O) groups is 2. The zero-order valence-corrected chi connectivity index (χ0v) is 14.6. The maximum atomic E-state index is 12.9. The maximum Gasteiger partial charge on any atom is 0.269 e. The number of rotatable bonds is 3. The number of halogens is 1. The van der Waals surface area contributed by atoms with Gasteiger partial charge in [-0.2, -0.15) is 0 Å². The minimum atomic E-state index is -3.36. The largest absolute Gasteiger partial charge is 0.270 e. The zero-order valence-electron chi connectivity index (χ0n) is 13.8. The van der Waals surface area contributed by atoms with Crippen molar-refractivity contribution in [1.82, 2.24) is 10.9 Å². The third-order valence-corrected chi connectivity index (χ3v) is 5.17. The van der Waals surface area contributed by atoms with Crippen LogP contribution in [0, 0.1) is 5.82 Å². The Hall–Kier alpha value is -2.94. The molecule has 1 heterocycles. The van der Waals surface area contributed by atoms with Crippen LogP contribution in [0.1, 0.15) is 26.3 Å². The summed E-state index contributed by atoms with van der Waals surface area (Å²) in [4.78, 5) is 24.1. The monoisotopic (exact) mass is 377 g/mol. The van der Waals surface area contributed by atoms with E-state index < -0.39 is 27.7 Å². The molecular formula is C17H16FN3O4S. The molecule has 2 aromatic rings. The number of hydrogen-bond acceptors (Lipinski definition) is 4. The molecule has 2 aromatic carbocycles. The summed E-state index contributed by atoms with van der Waals surface area (Å²) in [5, 5.41) is 0. The second kappa shape index (κ2) is 6.75. The van der Waals surface area contributed by atoms with Gasteiger partial charge in [0, 0.05) is 17.7 Å². The number of nitrogens with zero attached hydrogens (tertiary/aromatic N) is 1. The van der Waals surface area contributed by atoms with Gasteiger partial charge in [0.15, 0.2) is 0 Å². The van der Waals surface area contributed by atoms with E-state index in [2.05, 4.69) is 10.9 Å². The molecule has 26 heavy (non-hydrogen) atoms. The Kier molecular flexibility index (Phi) is 4.64. The smallest absolute Gasteiger partial charge is 0.269 e. The van der Waals surface area contributed by atoms with Gasteiger partial charge in [-0.05, 0) is 54.4 Å². The number of benzene rings is 2. The molecule has 1 aliphatic rings. The Bertz CT molecular complexity index is 974. The summed E-state index contributed by atoms with van der Waals surface area (Å²) in [5.41, 5.74) is 6.32. The van der Waals surface area contributed by atoms with E-state index in [1.165, 1.54) is 22.5 Å². The van der Waals surface area contributed by atoms with Gasteiger partial charge in [0.1, 0.15) is 5.82 Å². The molecule has 0 unspecified atom stereocenters. The molecule has 0 saturated heterocycles. The van der Waals surface area contributed by atoms with Gasteiger partial charge >= 0.3 is 0 Å². The Balaban J connectivity index is 1.68. The first-order chi connectivity index (χ1) is 12.3. The predicted molar refractivity (Wildman–Crippen MR) is 93.7 cm³/mol. The Morgan fingerprint density at radius 1 is 1.00 bits per heavy atom. The van der Waals surface area contributed by atoms with Crippen molar-refractivity contribution in [2.75, 3.05) is 17.1 Å². The number of fused-ring (bicyclic) bond motifs is 1. The van der Waals surface area contributed by atoms with Gasteiger partial charge in [-0.25, -0.2) is 12.8 Å². The van der Waals surface area contributed by atoms with Crippen molar-refractivity contribution in [3.05, 3.63) is 65.0 Å². The third kappa shape index (κ3) is 3.67. The molecule has 0 atom stereocenters. The van der Waals surface area contributed by atoms with Crippen LogP contribution >= 0.6 is 0 Å². The lowest BCUT2D eigenvalue weighted by atomic mass is 10.1. The molecule has 0 bridgehead atoms. The molecule has 0 radical (unpaired) electrons. The highest BCUT2D eigenvalue weighted by Crippen LogP contribution is 2.30. The van der Waals surface area contributed by atoms with E-state index in [9.17, 15) is 22.4 Å². The van der Waals surface area contributed by atoms with Gasteiger partial charge in [0.2, 0.25) is 10.0 Å². The van der Waals surface area contributed by atoms with Crippen LogP contribution < -0.4 is 15.2 Å². The maximum absolute atomic E-state index is 12.9. The summed E-state index contributed by atoms with van der Waals surface area (Å²) in [7, 11) is -3.36. The summed E-state index contributed by atoms with van der Waals surface area (Å²) in [6.07, 6.45) is 1.64. The van der Waals surface area contributed by atoms with Crippen molar-refractivity contribution in [3.8, 4) is 0 Å². The number of sulfonamides is 1. The van der Waals surface area contributed by atoms with Crippen LogP contribution in [0.25, 0.3) is 0 Å². The molecule has 0 spiro atoms. The fourth-order valence-electron chi connectivity index (χ4n) is 2.72. The van der Waals surface area contributed by atoms with Gasteiger partial charge in [0.25, 0.3) is 11.8 Å². The lowest BCUT2D eigenvalue weighted by Crippen LogP contribution is -2.41. The topological polar surface area (TPSA) is 95.6 Å². The minimum Gasteiger partial charge on any atom is -0.270 e. The van der Waals surface area contributed by atoms with Gasteiger partial charge in [-0.15, -0.1) is 0 Å². The number of nitrogens with one attached hydrogen (secondary N) is 2. The first kappa shape index (κ1) is 17.9. The number of anilines is 1. The molecule has 1 aliphatic heterocycles. The Labute approximate surface area is 149 Å². The number of carbonyl (C=O) groups excluding carboxylic acids is 2. The summed E-state index contributed by atoms with van der Waals surface area (Å²) in [5.74, 6) is -1.59. The van der Waals surface area contributed by atoms with Crippen LogP contribution in [-0.4, -0.2) is 33.0 Å². The van der Waals surface area contributed by atoms with Crippen LogP contribution in [0.3, 0.4) is 0 Å². The van der Waals surface area contributed by atoms with Crippen molar-refractivity contribution in [3.63, 3.8) is 0 Å². The molecule has 9 heteroatoms. The quantitative estimate of drug-likeness (QED) is 0.787. The van der Waals surface area contributed by atoms with Crippen LogP contribution in [0.5, 0.6) is 0 Å². The molecular weight excluding hydrogens is 361 g/mol. The van der Waals surface area contributed by atoms with Crippen molar-refractivity contribution in [2.24, 2.45) is 0 Å². The van der Waals surface area contributed by atoms with Gasteiger partial charge in [-0.3, -0.25) is 24.7 Å². The first-order valence-corrected chi connectivity index (χ1v) is 9.57.